The standard InChI is InChI=1S/C15H22N2OS/c1-4-19-14-8-7-13(9-14)17(3)15(18)12-6-5-11(2)16-10-12/h5-6,10,13-14H,4,7-9H2,1-3H3/t13-,14+/m0/s1. The van der Waals surface area contributed by atoms with Gasteiger partial charge in [-0.3, -0.25) is 9.78 Å². The molecule has 0 N–H and O–H groups in total. The fourth-order valence-corrected chi connectivity index (χ4v) is 3.75. The lowest BCUT2D eigenvalue weighted by atomic mass is 10.1. The van der Waals surface area contributed by atoms with Crippen molar-refractivity contribution in [2.24, 2.45) is 0 Å². The number of aryl methyl sites for hydroxylation is 1. The molecule has 3 nitrogen and oxygen atoms in total. The number of thioether (sulfide) groups is 1. The van der Waals surface area contributed by atoms with Crippen molar-refractivity contribution in [2.45, 2.75) is 44.4 Å². The molecule has 1 heterocycles. The lowest BCUT2D eigenvalue weighted by Crippen LogP contribution is -2.35. The molecule has 1 fully saturated rings. The molecule has 4 heteroatoms. The van der Waals surface area contributed by atoms with Crippen LogP contribution in [0.1, 0.15) is 42.2 Å². The van der Waals surface area contributed by atoms with Crippen LogP contribution in [0, 0.1) is 6.92 Å². The highest BCUT2D eigenvalue weighted by atomic mass is 32.2. The van der Waals surface area contributed by atoms with Gasteiger partial charge in [-0.05, 0) is 44.1 Å². The fraction of sp³-hybridized carbons (Fsp3) is 0.600. The predicted octanol–water partition coefficient (Wildman–Crippen LogP) is 3.14. The van der Waals surface area contributed by atoms with E-state index in [1.54, 1.807) is 6.20 Å². The monoisotopic (exact) mass is 278 g/mol. The average Bonchev–Trinajstić information content (AvgIpc) is 2.87. The van der Waals surface area contributed by atoms with E-state index in [9.17, 15) is 4.79 Å². The van der Waals surface area contributed by atoms with Gasteiger partial charge >= 0.3 is 0 Å². The molecule has 1 aliphatic rings. The van der Waals surface area contributed by atoms with Gasteiger partial charge in [-0.15, -0.1) is 0 Å². The summed E-state index contributed by atoms with van der Waals surface area (Å²) in [7, 11) is 1.92. The van der Waals surface area contributed by atoms with Crippen molar-refractivity contribution < 1.29 is 4.79 Å². The zero-order valence-corrected chi connectivity index (χ0v) is 12.7. The van der Waals surface area contributed by atoms with Crippen LogP contribution < -0.4 is 0 Å². The minimum Gasteiger partial charge on any atom is -0.339 e. The van der Waals surface area contributed by atoms with Crippen LogP contribution in [0.2, 0.25) is 0 Å². The Morgan fingerprint density at radius 1 is 1.47 bits per heavy atom. The van der Waals surface area contributed by atoms with E-state index in [0.717, 1.165) is 29.5 Å². The zero-order chi connectivity index (χ0) is 13.8. The fourth-order valence-electron chi connectivity index (χ4n) is 2.62. The van der Waals surface area contributed by atoms with Crippen LogP contribution in [0.3, 0.4) is 0 Å². The maximum absolute atomic E-state index is 12.4. The second-order valence-electron chi connectivity index (χ2n) is 5.15. The third kappa shape index (κ3) is 3.50. The first-order valence-electron chi connectivity index (χ1n) is 6.93. The van der Waals surface area contributed by atoms with Crippen molar-refractivity contribution in [3.63, 3.8) is 0 Å². The highest BCUT2D eigenvalue weighted by molar-refractivity contribution is 7.99. The summed E-state index contributed by atoms with van der Waals surface area (Å²) in [6.07, 6.45) is 5.16. The van der Waals surface area contributed by atoms with E-state index in [-0.39, 0.29) is 5.91 Å². The first-order valence-corrected chi connectivity index (χ1v) is 7.98. The van der Waals surface area contributed by atoms with Crippen LogP contribution in [0.15, 0.2) is 18.3 Å². The number of pyridine rings is 1. The van der Waals surface area contributed by atoms with Gasteiger partial charge in [-0.2, -0.15) is 11.8 Å². The Balaban J connectivity index is 1.98. The van der Waals surface area contributed by atoms with Crippen LogP contribution in [-0.4, -0.2) is 39.9 Å². The van der Waals surface area contributed by atoms with Gasteiger partial charge in [0.1, 0.15) is 0 Å². The molecule has 1 saturated carbocycles. The minimum absolute atomic E-state index is 0.0969. The lowest BCUT2D eigenvalue weighted by Gasteiger charge is -2.24. The Bertz CT molecular complexity index is 432. The predicted molar refractivity (Wildman–Crippen MR) is 80.6 cm³/mol. The highest BCUT2D eigenvalue weighted by Crippen LogP contribution is 2.32. The third-order valence-electron chi connectivity index (χ3n) is 3.79. The van der Waals surface area contributed by atoms with Crippen LogP contribution in [0.5, 0.6) is 0 Å². The highest BCUT2D eigenvalue weighted by Gasteiger charge is 2.30. The van der Waals surface area contributed by atoms with Gasteiger partial charge in [0.25, 0.3) is 5.91 Å². The third-order valence-corrected chi connectivity index (χ3v) is 5.02. The number of carbonyl (C=O) groups excluding carboxylic acids is 1. The van der Waals surface area contributed by atoms with Crippen LogP contribution in [0.25, 0.3) is 0 Å². The van der Waals surface area contributed by atoms with Gasteiger partial charge in [-0.25, -0.2) is 0 Å². The number of rotatable bonds is 4. The molecule has 0 saturated heterocycles. The Kier molecular flexibility index (Phi) is 4.86. The number of carbonyl (C=O) groups is 1. The van der Waals surface area contributed by atoms with Gasteiger partial charge in [0.15, 0.2) is 0 Å². The summed E-state index contributed by atoms with van der Waals surface area (Å²) in [4.78, 5) is 18.5. The number of hydrogen-bond acceptors (Lipinski definition) is 3. The largest absolute Gasteiger partial charge is 0.339 e. The Labute approximate surface area is 119 Å². The summed E-state index contributed by atoms with van der Waals surface area (Å²) >= 11 is 2.02. The number of nitrogens with zero attached hydrogens (tertiary/aromatic N) is 2. The van der Waals surface area contributed by atoms with Crippen molar-refractivity contribution in [3.8, 4) is 0 Å². The van der Waals surface area contributed by atoms with Gasteiger partial charge in [-0.1, -0.05) is 6.92 Å². The van der Waals surface area contributed by atoms with Crippen LogP contribution in [-0.2, 0) is 0 Å². The van der Waals surface area contributed by atoms with E-state index in [1.165, 1.54) is 6.42 Å². The van der Waals surface area contributed by atoms with Gasteiger partial charge < -0.3 is 4.90 Å². The Morgan fingerprint density at radius 2 is 2.26 bits per heavy atom. The number of aromatic nitrogens is 1. The van der Waals surface area contributed by atoms with E-state index >= 15 is 0 Å². The second-order valence-corrected chi connectivity index (χ2v) is 6.73. The maximum atomic E-state index is 12.4. The quantitative estimate of drug-likeness (QED) is 0.848. The molecule has 1 aromatic heterocycles. The summed E-state index contributed by atoms with van der Waals surface area (Å²) in [5.74, 6) is 1.26. The molecular formula is C15H22N2OS. The molecule has 104 valence electrons. The van der Waals surface area contributed by atoms with Gasteiger partial charge in [0.2, 0.25) is 0 Å². The van der Waals surface area contributed by atoms with E-state index in [0.29, 0.717) is 11.6 Å². The molecule has 0 unspecified atom stereocenters. The molecule has 0 aliphatic heterocycles. The van der Waals surface area contributed by atoms with Crippen molar-refractivity contribution in [2.75, 3.05) is 12.8 Å². The molecular weight excluding hydrogens is 256 g/mol. The summed E-state index contributed by atoms with van der Waals surface area (Å²) < 4.78 is 0. The van der Waals surface area contributed by atoms with Gasteiger partial charge in [0, 0.05) is 30.2 Å². The lowest BCUT2D eigenvalue weighted by molar-refractivity contribution is 0.0735. The van der Waals surface area contributed by atoms with Crippen LogP contribution in [0.4, 0.5) is 0 Å². The molecule has 2 rings (SSSR count). The first kappa shape index (κ1) is 14.4. The SMILES string of the molecule is CCS[C@@H]1CC[C@H](N(C)C(=O)c2ccc(C)nc2)C1. The van der Waals surface area contributed by atoms with E-state index in [4.69, 9.17) is 0 Å². The second kappa shape index (κ2) is 6.42. The number of hydrogen-bond donors (Lipinski definition) is 0. The Hall–Kier alpha value is -1.03. The van der Waals surface area contributed by atoms with E-state index in [2.05, 4.69) is 11.9 Å². The van der Waals surface area contributed by atoms with Crippen molar-refractivity contribution >= 4 is 17.7 Å². The molecule has 0 bridgehead atoms. The topological polar surface area (TPSA) is 33.2 Å². The summed E-state index contributed by atoms with van der Waals surface area (Å²) in [5, 5.41) is 0.724. The molecule has 0 radical (unpaired) electrons. The normalized spacial score (nSPS) is 22.5. The molecule has 1 aromatic rings. The minimum atomic E-state index is 0.0969. The van der Waals surface area contributed by atoms with E-state index in [1.807, 2.05) is 42.8 Å². The smallest absolute Gasteiger partial charge is 0.255 e. The molecule has 19 heavy (non-hydrogen) atoms. The zero-order valence-electron chi connectivity index (χ0n) is 11.9. The summed E-state index contributed by atoms with van der Waals surface area (Å²) in [5.41, 5.74) is 1.64. The van der Waals surface area contributed by atoms with Crippen molar-refractivity contribution in [1.82, 2.24) is 9.88 Å². The molecule has 1 amide bonds. The average molecular weight is 278 g/mol. The summed E-state index contributed by atoms with van der Waals surface area (Å²) in [6, 6.07) is 4.15. The Morgan fingerprint density at radius 3 is 2.89 bits per heavy atom. The number of amides is 1. The molecule has 1 aliphatic carbocycles. The molecule has 0 aromatic carbocycles. The van der Waals surface area contributed by atoms with Gasteiger partial charge in [0.05, 0.1) is 5.56 Å². The molecule has 2 atom stereocenters. The summed E-state index contributed by atoms with van der Waals surface area (Å²) in [6.45, 7) is 4.13. The van der Waals surface area contributed by atoms with Crippen molar-refractivity contribution in [3.05, 3.63) is 29.6 Å². The van der Waals surface area contributed by atoms with Crippen LogP contribution >= 0.6 is 11.8 Å². The first-order chi connectivity index (χ1) is 9.11. The maximum Gasteiger partial charge on any atom is 0.255 e. The van der Waals surface area contributed by atoms with Crippen molar-refractivity contribution in [1.29, 1.82) is 0 Å². The van der Waals surface area contributed by atoms with E-state index < -0.39 is 0 Å². The molecule has 0 spiro atoms.